The molecule has 116 valence electrons. The molecule has 4 heteroatoms. The lowest BCUT2D eigenvalue weighted by molar-refractivity contribution is -0.120. The number of halogens is 1. The van der Waals surface area contributed by atoms with E-state index in [0.717, 1.165) is 15.6 Å². The minimum Gasteiger partial charge on any atom is -0.495 e. The van der Waals surface area contributed by atoms with Crippen LogP contribution in [0.25, 0.3) is 0 Å². The third-order valence-corrected chi connectivity index (χ3v) is 4.27. The summed E-state index contributed by atoms with van der Waals surface area (Å²) in [6.07, 6.45) is 0. The summed E-state index contributed by atoms with van der Waals surface area (Å²) in [4.78, 5) is 12.7. The maximum atomic E-state index is 12.7. The van der Waals surface area contributed by atoms with Gasteiger partial charge in [-0.25, -0.2) is 0 Å². The molecular formula is C18H20BrNO2. The molecule has 0 unspecified atom stereocenters. The number of anilines is 1. The zero-order valence-corrected chi connectivity index (χ0v) is 14.8. The van der Waals surface area contributed by atoms with Gasteiger partial charge in [0.1, 0.15) is 5.75 Å². The van der Waals surface area contributed by atoms with Crippen LogP contribution in [-0.2, 0) is 10.2 Å². The fraction of sp³-hybridized carbons (Fsp3) is 0.278. The Morgan fingerprint density at radius 1 is 1.14 bits per heavy atom. The van der Waals surface area contributed by atoms with E-state index in [1.165, 1.54) is 0 Å². The summed E-state index contributed by atoms with van der Waals surface area (Å²) >= 11 is 3.41. The highest BCUT2D eigenvalue weighted by atomic mass is 79.9. The Hall–Kier alpha value is -1.81. The predicted octanol–water partition coefficient (Wildman–Crippen LogP) is 4.68. The van der Waals surface area contributed by atoms with Crippen molar-refractivity contribution in [3.8, 4) is 5.75 Å². The lowest BCUT2D eigenvalue weighted by Crippen LogP contribution is -2.34. The van der Waals surface area contributed by atoms with Crippen molar-refractivity contribution in [1.29, 1.82) is 0 Å². The van der Waals surface area contributed by atoms with Gasteiger partial charge < -0.3 is 10.1 Å². The molecule has 0 aliphatic heterocycles. The molecule has 0 aromatic heterocycles. The molecule has 0 saturated carbocycles. The zero-order chi connectivity index (χ0) is 16.3. The number of carbonyl (C=O) groups is 1. The molecule has 0 radical (unpaired) electrons. The monoisotopic (exact) mass is 361 g/mol. The number of hydrogen-bond donors (Lipinski definition) is 1. The van der Waals surface area contributed by atoms with Crippen LogP contribution in [-0.4, -0.2) is 13.0 Å². The highest BCUT2D eigenvalue weighted by molar-refractivity contribution is 9.10. The van der Waals surface area contributed by atoms with Crippen molar-refractivity contribution in [2.45, 2.75) is 26.2 Å². The summed E-state index contributed by atoms with van der Waals surface area (Å²) in [7, 11) is 1.60. The number of aryl methyl sites for hydroxylation is 1. The van der Waals surface area contributed by atoms with Crippen molar-refractivity contribution < 1.29 is 9.53 Å². The van der Waals surface area contributed by atoms with E-state index in [0.29, 0.717) is 11.4 Å². The van der Waals surface area contributed by atoms with Crippen LogP contribution < -0.4 is 10.1 Å². The van der Waals surface area contributed by atoms with Crippen LogP contribution in [0.3, 0.4) is 0 Å². The normalized spacial score (nSPS) is 11.1. The molecule has 0 aliphatic carbocycles. The maximum Gasteiger partial charge on any atom is 0.234 e. The first kappa shape index (κ1) is 16.6. The van der Waals surface area contributed by atoms with Crippen molar-refractivity contribution in [3.63, 3.8) is 0 Å². The van der Waals surface area contributed by atoms with Gasteiger partial charge in [-0.1, -0.05) is 34.1 Å². The van der Waals surface area contributed by atoms with Gasteiger partial charge in [-0.05, 0) is 56.2 Å². The first-order valence-corrected chi connectivity index (χ1v) is 7.86. The van der Waals surface area contributed by atoms with Gasteiger partial charge >= 0.3 is 0 Å². The third kappa shape index (κ3) is 3.50. The standard InChI is InChI=1S/C18H20BrNO2/c1-12-5-10-16(22-4)15(11-12)20-17(21)18(2,3)13-6-8-14(19)9-7-13/h5-11H,1-4H3,(H,20,21). The lowest BCUT2D eigenvalue weighted by atomic mass is 9.83. The van der Waals surface area contributed by atoms with Crippen LogP contribution in [0, 0.1) is 6.92 Å². The molecule has 2 aromatic rings. The smallest absolute Gasteiger partial charge is 0.234 e. The van der Waals surface area contributed by atoms with Gasteiger partial charge in [0.25, 0.3) is 0 Å². The molecule has 0 bridgehead atoms. The number of amides is 1. The molecular weight excluding hydrogens is 342 g/mol. The van der Waals surface area contributed by atoms with Gasteiger partial charge in [0, 0.05) is 4.47 Å². The molecule has 1 N–H and O–H groups in total. The van der Waals surface area contributed by atoms with Crippen molar-refractivity contribution in [2.75, 3.05) is 12.4 Å². The molecule has 0 saturated heterocycles. The van der Waals surface area contributed by atoms with E-state index in [1.54, 1.807) is 7.11 Å². The average Bonchev–Trinajstić information content (AvgIpc) is 2.48. The van der Waals surface area contributed by atoms with Crippen LogP contribution >= 0.6 is 15.9 Å². The van der Waals surface area contributed by atoms with Crippen molar-refractivity contribution >= 4 is 27.5 Å². The van der Waals surface area contributed by atoms with Gasteiger partial charge in [0.15, 0.2) is 0 Å². The topological polar surface area (TPSA) is 38.3 Å². The van der Waals surface area contributed by atoms with E-state index in [4.69, 9.17) is 4.74 Å². The Kier molecular flexibility index (Phi) is 4.91. The molecule has 1 amide bonds. The highest BCUT2D eigenvalue weighted by Crippen LogP contribution is 2.30. The van der Waals surface area contributed by atoms with Crippen LogP contribution in [0.5, 0.6) is 5.75 Å². The van der Waals surface area contributed by atoms with Crippen LogP contribution in [0.1, 0.15) is 25.0 Å². The second-order valence-electron chi connectivity index (χ2n) is 5.79. The summed E-state index contributed by atoms with van der Waals surface area (Å²) in [5.74, 6) is 0.587. The summed E-state index contributed by atoms with van der Waals surface area (Å²) in [6, 6.07) is 13.5. The Labute approximate surface area is 139 Å². The van der Waals surface area contributed by atoms with Crippen LogP contribution in [0.4, 0.5) is 5.69 Å². The molecule has 0 spiro atoms. The second-order valence-corrected chi connectivity index (χ2v) is 6.71. The molecule has 0 aliphatic rings. The van der Waals surface area contributed by atoms with Gasteiger partial charge in [0.05, 0.1) is 18.2 Å². The van der Waals surface area contributed by atoms with Gasteiger partial charge in [-0.3, -0.25) is 4.79 Å². The largest absolute Gasteiger partial charge is 0.495 e. The summed E-state index contributed by atoms with van der Waals surface area (Å²) in [6.45, 7) is 5.80. The number of methoxy groups -OCH3 is 1. The van der Waals surface area contributed by atoms with Gasteiger partial charge in [-0.2, -0.15) is 0 Å². The predicted molar refractivity (Wildman–Crippen MR) is 93.5 cm³/mol. The number of benzene rings is 2. The summed E-state index contributed by atoms with van der Waals surface area (Å²) in [5, 5.41) is 2.98. The molecule has 22 heavy (non-hydrogen) atoms. The first-order chi connectivity index (χ1) is 10.3. The number of rotatable bonds is 4. The van der Waals surface area contributed by atoms with Crippen LogP contribution in [0.15, 0.2) is 46.9 Å². The van der Waals surface area contributed by atoms with Crippen molar-refractivity contribution in [3.05, 3.63) is 58.1 Å². The van der Waals surface area contributed by atoms with Crippen molar-refractivity contribution in [1.82, 2.24) is 0 Å². The van der Waals surface area contributed by atoms with E-state index in [1.807, 2.05) is 63.2 Å². The van der Waals surface area contributed by atoms with E-state index in [2.05, 4.69) is 21.2 Å². The number of nitrogens with one attached hydrogen (secondary N) is 1. The first-order valence-electron chi connectivity index (χ1n) is 7.06. The molecule has 0 atom stereocenters. The quantitative estimate of drug-likeness (QED) is 0.858. The van der Waals surface area contributed by atoms with E-state index in [-0.39, 0.29) is 5.91 Å². The Balaban J connectivity index is 2.28. The summed E-state index contributed by atoms with van der Waals surface area (Å²) < 4.78 is 6.31. The lowest BCUT2D eigenvalue weighted by Gasteiger charge is -2.25. The van der Waals surface area contributed by atoms with E-state index >= 15 is 0 Å². The number of hydrogen-bond acceptors (Lipinski definition) is 2. The minimum atomic E-state index is -0.643. The molecule has 2 aromatic carbocycles. The molecule has 2 rings (SSSR count). The Morgan fingerprint density at radius 2 is 1.77 bits per heavy atom. The molecule has 0 heterocycles. The zero-order valence-electron chi connectivity index (χ0n) is 13.2. The fourth-order valence-electron chi connectivity index (χ4n) is 2.20. The minimum absolute atomic E-state index is 0.0706. The molecule has 0 fully saturated rings. The van der Waals surface area contributed by atoms with E-state index in [9.17, 15) is 4.79 Å². The highest BCUT2D eigenvalue weighted by Gasteiger charge is 2.30. The van der Waals surface area contributed by atoms with E-state index < -0.39 is 5.41 Å². The fourth-order valence-corrected chi connectivity index (χ4v) is 2.46. The Bertz CT molecular complexity index is 678. The third-order valence-electron chi connectivity index (χ3n) is 3.74. The summed E-state index contributed by atoms with van der Waals surface area (Å²) in [5.41, 5.74) is 2.07. The number of carbonyl (C=O) groups excluding carboxylic acids is 1. The van der Waals surface area contributed by atoms with Gasteiger partial charge in [0.2, 0.25) is 5.91 Å². The van der Waals surface area contributed by atoms with Crippen LogP contribution in [0.2, 0.25) is 0 Å². The maximum absolute atomic E-state index is 12.7. The Morgan fingerprint density at radius 3 is 2.36 bits per heavy atom. The second kappa shape index (κ2) is 6.53. The average molecular weight is 362 g/mol. The van der Waals surface area contributed by atoms with Gasteiger partial charge in [-0.15, -0.1) is 0 Å². The SMILES string of the molecule is COc1ccc(C)cc1NC(=O)C(C)(C)c1ccc(Br)cc1. The molecule has 3 nitrogen and oxygen atoms in total. The van der Waals surface area contributed by atoms with Crippen molar-refractivity contribution in [2.24, 2.45) is 0 Å². The number of ether oxygens (including phenoxy) is 1.